The highest BCUT2D eigenvalue weighted by Gasteiger charge is 2.29. The zero-order valence-electron chi connectivity index (χ0n) is 11.0. The van der Waals surface area contributed by atoms with E-state index >= 15 is 0 Å². The summed E-state index contributed by atoms with van der Waals surface area (Å²) in [6.45, 7) is 3.07. The summed E-state index contributed by atoms with van der Waals surface area (Å²) in [6, 6.07) is 1.44. The standard InChI is InChI=1S/C12H16BrClN2O3S/c1-2-10-8(3-4-19-10)6-16-20(17,18)11-5-9(13)7-15-12(11)14/h5,7-8,10,16H,2-4,6H2,1H3. The minimum Gasteiger partial charge on any atom is -0.378 e. The van der Waals surface area contributed by atoms with E-state index in [0.29, 0.717) is 17.6 Å². The van der Waals surface area contributed by atoms with Gasteiger partial charge < -0.3 is 4.74 Å². The molecule has 2 unspecified atom stereocenters. The number of nitrogens with one attached hydrogen (secondary N) is 1. The summed E-state index contributed by atoms with van der Waals surface area (Å²) in [5, 5.41) is -0.0320. The van der Waals surface area contributed by atoms with Gasteiger partial charge in [0.25, 0.3) is 0 Å². The molecule has 1 aromatic rings. The molecule has 1 saturated heterocycles. The number of rotatable bonds is 5. The first kappa shape index (κ1) is 16.2. The fourth-order valence-electron chi connectivity index (χ4n) is 2.26. The lowest BCUT2D eigenvalue weighted by Gasteiger charge is -2.17. The van der Waals surface area contributed by atoms with Crippen molar-refractivity contribution in [1.29, 1.82) is 0 Å². The molecule has 1 aliphatic heterocycles. The molecule has 1 aromatic heterocycles. The van der Waals surface area contributed by atoms with Crippen LogP contribution in [0, 0.1) is 5.92 Å². The Bertz CT molecular complexity index is 582. The molecule has 112 valence electrons. The molecule has 8 heteroatoms. The monoisotopic (exact) mass is 382 g/mol. The van der Waals surface area contributed by atoms with Crippen molar-refractivity contribution < 1.29 is 13.2 Å². The quantitative estimate of drug-likeness (QED) is 0.794. The van der Waals surface area contributed by atoms with Gasteiger partial charge in [0.15, 0.2) is 0 Å². The maximum atomic E-state index is 12.3. The SMILES string of the molecule is CCC1OCCC1CNS(=O)(=O)c1cc(Br)cnc1Cl. The Balaban J connectivity index is 2.09. The second-order valence-corrected chi connectivity index (χ2v) is 7.67. The van der Waals surface area contributed by atoms with Crippen LogP contribution in [0.1, 0.15) is 19.8 Å². The molecule has 1 fully saturated rings. The average molecular weight is 384 g/mol. The van der Waals surface area contributed by atoms with Crippen LogP contribution in [0.4, 0.5) is 0 Å². The van der Waals surface area contributed by atoms with Crippen molar-refractivity contribution in [3.63, 3.8) is 0 Å². The number of nitrogens with zero attached hydrogens (tertiary/aromatic N) is 1. The summed E-state index contributed by atoms with van der Waals surface area (Å²) in [6.07, 6.45) is 3.32. The smallest absolute Gasteiger partial charge is 0.243 e. The number of hydrogen-bond acceptors (Lipinski definition) is 4. The number of pyridine rings is 1. The molecule has 0 radical (unpaired) electrons. The molecule has 2 heterocycles. The highest BCUT2D eigenvalue weighted by molar-refractivity contribution is 9.10. The Hall–Kier alpha value is -0.210. The van der Waals surface area contributed by atoms with E-state index in [-0.39, 0.29) is 22.1 Å². The highest BCUT2D eigenvalue weighted by Crippen LogP contribution is 2.25. The molecule has 0 aliphatic carbocycles. The van der Waals surface area contributed by atoms with Crippen molar-refractivity contribution in [3.8, 4) is 0 Å². The molecule has 5 nitrogen and oxygen atoms in total. The van der Waals surface area contributed by atoms with E-state index in [4.69, 9.17) is 16.3 Å². The lowest BCUT2D eigenvalue weighted by Crippen LogP contribution is -2.33. The van der Waals surface area contributed by atoms with Gasteiger partial charge in [-0.3, -0.25) is 0 Å². The molecule has 2 rings (SSSR count). The molecular formula is C12H16BrClN2O3S. The van der Waals surface area contributed by atoms with Gasteiger partial charge in [0.1, 0.15) is 10.0 Å². The third kappa shape index (κ3) is 3.71. The van der Waals surface area contributed by atoms with Crippen LogP contribution in [0.3, 0.4) is 0 Å². The van der Waals surface area contributed by atoms with Gasteiger partial charge in [-0.15, -0.1) is 0 Å². The summed E-state index contributed by atoms with van der Waals surface area (Å²) in [5.41, 5.74) is 0. The Morgan fingerprint density at radius 2 is 2.35 bits per heavy atom. The maximum absolute atomic E-state index is 12.3. The predicted molar refractivity (Wildman–Crippen MR) is 80.3 cm³/mol. The molecule has 1 N–H and O–H groups in total. The van der Waals surface area contributed by atoms with Crippen LogP contribution in [0.2, 0.25) is 5.15 Å². The Kier molecular flexibility index (Phi) is 5.42. The van der Waals surface area contributed by atoms with Crippen molar-refractivity contribution >= 4 is 37.6 Å². The Morgan fingerprint density at radius 1 is 1.60 bits per heavy atom. The molecule has 0 saturated carbocycles. The lowest BCUT2D eigenvalue weighted by molar-refractivity contribution is 0.0884. The van der Waals surface area contributed by atoms with Crippen LogP contribution >= 0.6 is 27.5 Å². The largest absolute Gasteiger partial charge is 0.378 e. The maximum Gasteiger partial charge on any atom is 0.243 e. The normalized spacial score (nSPS) is 23.1. The summed E-state index contributed by atoms with van der Waals surface area (Å²) in [4.78, 5) is 3.82. The topological polar surface area (TPSA) is 68.3 Å². The predicted octanol–water partition coefficient (Wildman–Crippen LogP) is 2.59. The van der Waals surface area contributed by atoms with Gasteiger partial charge in [-0.2, -0.15) is 0 Å². The average Bonchev–Trinajstić information content (AvgIpc) is 2.86. The second-order valence-electron chi connectivity index (χ2n) is 4.66. The third-order valence-electron chi connectivity index (χ3n) is 3.35. The van der Waals surface area contributed by atoms with Crippen molar-refractivity contribution in [3.05, 3.63) is 21.9 Å². The van der Waals surface area contributed by atoms with Gasteiger partial charge in [-0.1, -0.05) is 18.5 Å². The van der Waals surface area contributed by atoms with Gasteiger partial charge in [-0.25, -0.2) is 18.1 Å². The van der Waals surface area contributed by atoms with Crippen LogP contribution in [-0.4, -0.2) is 32.7 Å². The van der Waals surface area contributed by atoms with E-state index in [2.05, 4.69) is 25.6 Å². The highest BCUT2D eigenvalue weighted by atomic mass is 79.9. The van der Waals surface area contributed by atoms with E-state index < -0.39 is 10.0 Å². The van der Waals surface area contributed by atoms with Crippen molar-refractivity contribution in [2.75, 3.05) is 13.2 Å². The van der Waals surface area contributed by atoms with Gasteiger partial charge in [0.05, 0.1) is 6.10 Å². The molecule has 0 spiro atoms. The van der Waals surface area contributed by atoms with E-state index in [1.807, 2.05) is 6.92 Å². The number of ether oxygens (including phenoxy) is 1. The molecule has 0 aromatic carbocycles. The van der Waals surface area contributed by atoms with Gasteiger partial charge >= 0.3 is 0 Å². The zero-order valence-corrected chi connectivity index (χ0v) is 14.1. The fourth-order valence-corrected chi connectivity index (χ4v) is 4.30. The summed E-state index contributed by atoms with van der Waals surface area (Å²) in [7, 11) is -3.66. The van der Waals surface area contributed by atoms with Crippen molar-refractivity contribution in [2.24, 2.45) is 5.92 Å². The number of sulfonamides is 1. The molecule has 0 bridgehead atoms. The zero-order chi connectivity index (χ0) is 14.8. The summed E-state index contributed by atoms with van der Waals surface area (Å²) < 4.78 is 33.2. The lowest BCUT2D eigenvalue weighted by atomic mass is 10.0. The van der Waals surface area contributed by atoms with Gasteiger partial charge in [-0.05, 0) is 34.8 Å². The minimum atomic E-state index is -3.66. The Labute approximate surface area is 132 Å². The van der Waals surface area contributed by atoms with E-state index in [0.717, 1.165) is 12.8 Å². The molecule has 20 heavy (non-hydrogen) atoms. The fraction of sp³-hybridized carbons (Fsp3) is 0.583. The summed E-state index contributed by atoms with van der Waals surface area (Å²) in [5.74, 6) is 0.202. The number of aromatic nitrogens is 1. The first-order chi connectivity index (χ1) is 9.44. The van der Waals surface area contributed by atoms with Crippen LogP contribution < -0.4 is 4.72 Å². The van der Waals surface area contributed by atoms with Crippen molar-refractivity contribution in [1.82, 2.24) is 9.71 Å². The van der Waals surface area contributed by atoms with Crippen LogP contribution in [0.5, 0.6) is 0 Å². The van der Waals surface area contributed by atoms with Crippen LogP contribution in [0.15, 0.2) is 21.6 Å². The molecule has 0 amide bonds. The van der Waals surface area contributed by atoms with E-state index in [1.165, 1.54) is 12.3 Å². The van der Waals surface area contributed by atoms with Gasteiger partial charge in [0.2, 0.25) is 10.0 Å². The summed E-state index contributed by atoms with van der Waals surface area (Å²) >= 11 is 9.05. The molecule has 1 aliphatic rings. The first-order valence-electron chi connectivity index (χ1n) is 6.36. The van der Waals surface area contributed by atoms with Crippen LogP contribution in [-0.2, 0) is 14.8 Å². The number of hydrogen-bond donors (Lipinski definition) is 1. The van der Waals surface area contributed by atoms with E-state index in [9.17, 15) is 8.42 Å². The number of halogens is 2. The molecular weight excluding hydrogens is 368 g/mol. The molecule has 2 atom stereocenters. The van der Waals surface area contributed by atoms with Crippen molar-refractivity contribution in [2.45, 2.75) is 30.8 Å². The first-order valence-corrected chi connectivity index (χ1v) is 9.01. The van der Waals surface area contributed by atoms with Gasteiger partial charge in [0, 0.05) is 29.7 Å². The Morgan fingerprint density at radius 3 is 3.05 bits per heavy atom. The third-order valence-corrected chi connectivity index (χ3v) is 5.63. The van der Waals surface area contributed by atoms with E-state index in [1.54, 1.807) is 0 Å². The second kappa shape index (κ2) is 6.70. The van der Waals surface area contributed by atoms with Crippen LogP contribution in [0.25, 0.3) is 0 Å². The minimum absolute atomic E-state index is 0.0134.